The van der Waals surface area contributed by atoms with E-state index < -0.39 is 12.1 Å². The van der Waals surface area contributed by atoms with Gasteiger partial charge in [0.2, 0.25) is 11.8 Å². The minimum absolute atomic E-state index is 0.0224. The molecule has 0 saturated carbocycles. The van der Waals surface area contributed by atoms with Gasteiger partial charge in [0.05, 0.1) is 19.6 Å². The smallest absolute Gasteiger partial charge is 0.242 e. The summed E-state index contributed by atoms with van der Waals surface area (Å²) in [5.74, 6) is 0.478. The number of thiophene rings is 1. The van der Waals surface area contributed by atoms with E-state index in [1.54, 1.807) is 47.6 Å². The summed E-state index contributed by atoms with van der Waals surface area (Å²) in [6.45, 7) is 0.706. The first-order chi connectivity index (χ1) is 13.1. The van der Waals surface area contributed by atoms with Gasteiger partial charge < -0.3 is 20.1 Å². The number of carbonyl (C=O) groups excluding carboxylic acids is 2. The van der Waals surface area contributed by atoms with Crippen LogP contribution in [-0.4, -0.2) is 48.1 Å². The van der Waals surface area contributed by atoms with Crippen molar-refractivity contribution in [1.29, 1.82) is 0 Å². The van der Waals surface area contributed by atoms with Crippen LogP contribution in [0.3, 0.4) is 0 Å². The second kappa shape index (κ2) is 9.01. The minimum atomic E-state index is -0.809. The molecule has 0 spiro atoms. The lowest BCUT2D eigenvalue weighted by molar-refractivity contribution is -0.138. The van der Waals surface area contributed by atoms with Crippen LogP contribution in [-0.2, 0) is 16.0 Å². The molecule has 1 fully saturated rings. The molecule has 1 aliphatic heterocycles. The van der Waals surface area contributed by atoms with Crippen LogP contribution in [0.4, 0.5) is 0 Å². The van der Waals surface area contributed by atoms with E-state index in [9.17, 15) is 14.7 Å². The maximum atomic E-state index is 12.6. The zero-order valence-electron chi connectivity index (χ0n) is 15.3. The van der Waals surface area contributed by atoms with Crippen LogP contribution in [0.2, 0.25) is 0 Å². The first-order valence-corrected chi connectivity index (χ1v) is 9.88. The van der Waals surface area contributed by atoms with Crippen LogP contribution in [0, 0.1) is 0 Å². The number of hydrogen-bond acceptors (Lipinski definition) is 5. The lowest BCUT2D eigenvalue weighted by Gasteiger charge is -2.24. The van der Waals surface area contributed by atoms with Crippen LogP contribution in [0.25, 0.3) is 0 Å². The molecular formula is C20H24N2O4S. The summed E-state index contributed by atoms with van der Waals surface area (Å²) in [5, 5.41) is 15.0. The fraction of sp³-hybridized carbons (Fsp3) is 0.400. The second-order valence-electron chi connectivity index (χ2n) is 6.54. The highest BCUT2D eigenvalue weighted by molar-refractivity contribution is 7.10. The third-order valence-corrected chi connectivity index (χ3v) is 5.63. The number of benzene rings is 1. The zero-order valence-corrected chi connectivity index (χ0v) is 16.1. The number of nitrogens with one attached hydrogen (secondary N) is 1. The van der Waals surface area contributed by atoms with E-state index >= 15 is 0 Å². The number of hydrogen-bond donors (Lipinski definition) is 2. The van der Waals surface area contributed by atoms with Crippen molar-refractivity contribution in [2.24, 2.45) is 0 Å². The fourth-order valence-electron chi connectivity index (χ4n) is 3.26. The van der Waals surface area contributed by atoms with E-state index in [0.29, 0.717) is 30.7 Å². The predicted molar refractivity (Wildman–Crippen MR) is 104 cm³/mol. The summed E-state index contributed by atoms with van der Waals surface area (Å²) in [6, 6.07) is 10.5. The molecule has 0 bridgehead atoms. The number of ether oxygens (including phenoxy) is 1. The number of methoxy groups -OCH3 is 1. The highest BCUT2D eigenvalue weighted by Gasteiger charge is 2.34. The first-order valence-electron chi connectivity index (χ1n) is 9.00. The van der Waals surface area contributed by atoms with Crippen LogP contribution in [0.15, 0.2) is 41.8 Å². The normalized spacial score (nSPS) is 17.6. The van der Waals surface area contributed by atoms with E-state index in [-0.39, 0.29) is 18.4 Å². The molecule has 1 saturated heterocycles. The van der Waals surface area contributed by atoms with Crippen molar-refractivity contribution < 1.29 is 19.4 Å². The van der Waals surface area contributed by atoms with Crippen LogP contribution < -0.4 is 10.1 Å². The molecule has 3 rings (SSSR count). The quantitative estimate of drug-likeness (QED) is 0.762. The molecule has 2 amide bonds. The van der Waals surface area contributed by atoms with Crippen LogP contribution in [0.1, 0.15) is 29.4 Å². The Balaban J connectivity index is 1.53. The first kappa shape index (κ1) is 19.4. The molecule has 0 radical (unpaired) electrons. The monoisotopic (exact) mass is 388 g/mol. The molecule has 0 aliphatic carbocycles. The summed E-state index contributed by atoms with van der Waals surface area (Å²) < 4.78 is 5.10. The van der Waals surface area contributed by atoms with Crippen molar-refractivity contribution in [2.45, 2.75) is 31.4 Å². The number of carbonyl (C=O) groups is 2. The van der Waals surface area contributed by atoms with Crippen LogP contribution in [0.5, 0.6) is 5.75 Å². The maximum Gasteiger partial charge on any atom is 0.242 e. The third kappa shape index (κ3) is 4.87. The topological polar surface area (TPSA) is 78.9 Å². The average molecular weight is 388 g/mol. The highest BCUT2D eigenvalue weighted by Crippen LogP contribution is 2.21. The van der Waals surface area contributed by atoms with Gasteiger partial charge in [-0.3, -0.25) is 9.59 Å². The molecule has 27 heavy (non-hydrogen) atoms. The zero-order chi connectivity index (χ0) is 19.2. The lowest BCUT2D eigenvalue weighted by atomic mass is 10.1. The van der Waals surface area contributed by atoms with Crippen LogP contribution >= 0.6 is 11.3 Å². The van der Waals surface area contributed by atoms with E-state index in [4.69, 9.17) is 4.74 Å². The summed E-state index contributed by atoms with van der Waals surface area (Å²) >= 11 is 1.54. The van der Waals surface area contributed by atoms with Gasteiger partial charge in [-0.25, -0.2) is 0 Å². The van der Waals surface area contributed by atoms with Gasteiger partial charge >= 0.3 is 0 Å². The average Bonchev–Trinajstić information content (AvgIpc) is 3.37. The minimum Gasteiger partial charge on any atom is -0.497 e. The molecule has 1 aliphatic rings. The number of aliphatic hydroxyl groups excluding tert-OH is 1. The Bertz CT molecular complexity index is 761. The van der Waals surface area contributed by atoms with Gasteiger partial charge in [-0.15, -0.1) is 11.3 Å². The van der Waals surface area contributed by atoms with Gasteiger partial charge in [-0.1, -0.05) is 18.2 Å². The molecule has 144 valence electrons. The van der Waals surface area contributed by atoms with Crippen molar-refractivity contribution in [3.63, 3.8) is 0 Å². The molecule has 2 heterocycles. The summed E-state index contributed by atoms with van der Waals surface area (Å²) in [7, 11) is 1.58. The Morgan fingerprint density at radius 3 is 2.78 bits per heavy atom. The van der Waals surface area contributed by atoms with E-state index in [1.165, 1.54) is 0 Å². The molecule has 7 heteroatoms. The molecule has 6 nitrogen and oxygen atoms in total. The standard InChI is InChI=1S/C20H24N2O4S/c1-26-15-8-6-14(7-9-15)18(23)13-21-20(25)17-5-2-10-22(17)19(24)12-16-4-3-11-27-16/h3-4,6-9,11,17-18,23H,2,5,10,12-13H2,1H3,(H,21,25). The van der Waals surface area contributed by atoms with Crippen molar-refractivity contribution in [2.75, 3.05) is 20.2 Å². The number of amides is 2. The number of nitrogens with zero attached hydrogens (tertiary/aromatic N) is 1. The molecular weight excluding hydrogens is 364 g/mol. The summed E-state index contributed by atoms with van der Waals surface area (Å²) in [5.41, 5.74) is 0.702. The summed E-state index contributed by atoms with van der Waals surface area (Å²) in [6.07, 6.45) is 0.989. The number of rotatable bonds is 7. The highest BCUT2D eigenvalue weighted by atomic mass is 32.1. The Labute approximate surface area is 162 Å². The Morgan fingerprint density at radius 1 is 1.33 bits per heavy atom. The Morgan fingerprint density at radius 2 is 2.11 bits per heavy atom. The third-order valence-electron chi connectivity index (χ3n) is 4.75. The molecule has 1 aromatic heterocycles. The van der Waals surface area contributed by atoms with Crippen molar-refractivity contribution in [3.05, 3.63) is 52.2 Å². The van der Waals surface area contributed by atoms with Crippen molar-refractivity contribution in [1.82, 2.24) is 10.2 Å². The molecule has 2 N–H and O–H groups in total. The Hall–Kier alpha value is -2.38. The van der Waals surface area contributed by atoms with Gasteiger partial charge in [0.25, 0.3) is 0 Å². The van der Waals surface area contributed by atoms with Gasteiger partial charge in [0.15, 0.2) is 0 Å². The van der Waals surface area contributed by atoms with Crippen molar-refractivity contribution >= 4 is 23.2 Å². The molecule has 2 aromatic rings. The lowest BCUT2D eigenvalue weighted by Crippen LogP contribution is -2.47. The molecule has 2 unspecified atom stereocenters. The van der Waals surface area contributed by atoms with E-state index in [1.807, 2.05) is 17.5 Å². The van der Waals surface area contributed by atoms with E-state index in [0.717, 1.165) is 11.3 Å². The SMILES string of the molecule is COc1ccc(C(O)CNC(=O)C2CCCN2C(=O)Cc2cccs2)cc1. The summed E-state index contributed by atoms with van der Waals surface area (Å²) in [4.78, 5) is 27.8. The van der Waals surface area contributed by atoms with Gasteiger partial charge in [-0.05, 0) is 42.0 Å². The maximum absolute atomic E-state index is 12.6. The van der Waals surface area contributed by atoms with Gasteiger partial charge in [0.1, 0.15) is 11.8 Å². The van der Waals surface area contributed by atoms with Gasteiger partial charge in [-0.2, -0.15) is 0 Å². The van der Waals surface area contributed by atoms with Crippen molar-refractivity contribution in [3.8, 4) is 5.75 Å². The fourth-order valence-corrected chi connectivity index (χ4v) is 3.96. The Kier molecular flexibility index (Phi) is 6.47. The van der Waals surface area contributed by atoms with Gasteiger partial charge in [0, 0.05) is 18.0 Å². The number of aliphatic hydroxyl groups is 1. The largest absolute Gasteiger partial charge is 0.497 e. The predicted octanol–water partition coefficient (Wildman–Crippen LogP) is 2.14. The molecule has 1 aromatic carbocycles. The number of likely N-dealkylation sites (tertiary alicyclic amines) is 1. The van der Waals surface area contributed by atoms with E-state index in [2.05, 4.69) is 5.32 Å². The molecule has 2 atom stereocenters. The second-order valence-corrected chi connectivity index (χ2v) is 7.57.